The minimum Gasteiger partial charge on any atom is -0.399 e. The van der Waals surface area contributed by atoms with Crippen molar-refractivity contribution in [3.05, 3.63) is 23.8 Å². The number of rotatable bonds is 1. The SMILES string of the molecule is Nc1cc(F)c(N2CCC3(CC2)CS(=O)(=O)C3)c(F)c1. The van der Waals surface area contributed by atoms with Gasteiger partial charge in [0.05, 0.1) is 11.5 Å². The fourth-order valence-electron chi connectivity index (χ4n) is 3.27. The summed E-state index contributed by atoms with van der Waals surface area (Å²) in [6, 6.07) is 2.22. The first-order valence-electron chi connectivity index (χ1n) is 6.50. The smallest absolute Gasteiger partial charge is 0.151 e. The van der Waals surface area contributed by atoms with Crippen LogP contribution in [-0.2, 0) is 9.84 Å². The van der Waals surface area contributed by atoms with Gasteiger partial charge in [0.25, 0.3) is 0 Å². The molecular formula is C13H16F2N2O2S. The molecule has 2 aliphatic heterocycles. The van der Waals surface area contributed by atoms with Crippen molar-refractivity contribution in [2.45, 2.75) is 12.8 Å². The van der Waals surface area contributed by atoms with Crippen LogP contribution in [0.2, 0.25) is 0 Å². The highest BCUT2D eigenvalue weighted by molar-refractivity contribution is 7.92. The predicted molar refractivity (Wildman–Crippen MR) is 73.3 cm³/mol. The second-order valence-corrected chi connectivity index (χ2v) is 7.92. The van der Waals surface area contributed by atoms with Crippen LogP contribution in [0.25, 0.3) is 0 Å². The number of hydrogen-bond donors (Lipinski definition) is 1. The number of sulfone groups is 1. The fourth-order valence-corrected chi connectivity index (χ4v) is 5.63. The largest absolute Gasteiger partial charge is 0.399 e. The summed E-state index contributed by atoms with van der Waals surface area (Å²) >= 11 is 0. The van der Waals surface area contributed by atoms with Crippen LogP contribution in [0.15, 0.2) is 12.1 Å². The second kappa shape index (κ2) is 4.31. The van der Waals surface area contributed by atoms with Gasteiger partial charge in [-0.2, -0.15) is 0 Å². The van der Waals surface area contributed by atoms with E-state index in [1.807, 2.05) is 0 Å². The Bertz CT molecular complexity index is 615. The maximum absolute atomic E-state index is 13.8. The van der Waals surface area contributed by atoms with Gasteiger partial charge in [-0.25, -0.2) is 17.2 Å². The molecule has 7 heteroatoms. The topological polar surface area (TPSA) is 63.4 Å². The van der Waals surface area contributed by atoms with Crippen LogP contribution in [-0.4, -0.2) is 33.0 Å². The molecule has 4 nitrogen and oxygen atoms in total. The summed E-state index contributed by atoms with van der Waals surface area (Å²) in [4.78, 5) is 1.64. The number of piperidine rings is 1. The van der Waals surface area contributed by atoms with Crippen LogP contribution in [0.5, 0.6) is 0 Å². The Morgan fingerprint density at radius 3 is 2.05 bits per heavy atom. The van der Waals surface area contributed by atoms with Gasteiger partial charge < -0.3 is 10.6 Å². The van der Waals surface area contributed by atoms with Crippen molar-refractivity contribution in [2.75, 3.05) is 35.2 Å². The Morgan fingerprint density at radius 2 is 1.60 bits per heavy atom. The van der Waals surface area contributed by atoms with E-state index in [1.54, 1.807) is 4.90 Å². The van der Waals surface area contributed by atoms with Gasteiger partial charge >= 0.3 is 0 Å². The highest BCUT2D eigenvalue weighted by atomic mass is 32.2. The van der Waals surface area contributed by atoms with Crippen molar-refractivity contribution >= 4 is 21.2 Å². The van der Waals surface area contributed by atoms with Gasteiger partial charge in [-0.1, -0.05) is 0 Å². The lowest BCUT2D eigenvalue weighted by Gasteiger charge is -2.47. The molecule has 2 heterocycles. The third-order valence-corrected chi connectivity index (χ3v) is 6.34. The summed E-state index contributed by atoms with van der Waals surface area (Å²) in [5.41, 5.74) is 5.22. The first-order chi connectivity index (χ1) is 9.30. The number of nitrogens with two attached hydrogens (primary N) is 1. The maximum Gasteiger partial charge on any atom is 0.151 e. The Morgan fingerprint density at radius 1 is 1.10 bits per heavy atom. The van der Waals surface area contributed by atoms with Crippen LogP contribution in [0.4, 0.5) is 20.2 Å². The zero-order valence-corrected chi connectivity index (χ0v) is 11.7. The maximum atomic E-state index is 13.8. The van der Waals surface area contributed by atoms with Gasteiger partial charge in [-0.3, -0.25) is 0 Å². The summed E-state index contributed by atoms with van der Waals surface area (Å²) in [5.74, 6) is -0.916. The van der Waals surface area contributed by atoms with Crippen LogP contribution in [0.3, 0.4) is 0 Å². The van der Waals surface area contributed by atoms with Crippen molar-refractivity contribution in [2.24, 2.45) is 5.41 Å². The van der Waals surface area contributed by atoms with Crippen LogP contribution in [0, 0.1) is 17.0 Å². The summed E-state index contributed by atoms with van der Waals surface area (Å²) in [6.07, 6.45) is 1.30. The van der Waals surface area contributed by atoms with E-state index in [0.29, 0.717) is 25.9 Å². The van der Waals surface area contributed by atoms with E-state index in [9.17, 15) is 17.2 Å². The van der Waals surface area contributed by atoms with Gasteiger partial charge in [-0.15, -0.1) is 0 Å². The zero-order chi connectivity index (χ0) is 14.5. The van der Waals surface area contributed by atoms with Gasteiger partial charge in [0.15, 0.2) is 21.5 Å². The highest BCUT2D eigenvalue weighted by Crippen LogP contribution is 2.43. The Balaban J connectivity index is 1.76. The van der Waals surface area contributed by atoms with Gasteiger partial charge in [0.2, 0.25) is 0 Å². The van der Waals surface area contributed by atoms with Crippen LogP contribution < -0.4 is 10.6 Å². The van der Waals surface area contributed by atoms with Crippen molar-refractivity contribution in [1.82, 2.24) is 0 Å². The van der Waals surface area contributed by atoms with E-state index in [4.69, 9.17) is 5.73 Å². The lowest BCUT2D eigenvalue weighted by atomic mass is 9.81. The van der Waals surface area contributed by atoms with Crippen molar-refractivity contribution in [1.29, 1.82) is 0 Å². The standard InChI is InChI=1S/C13H16F2N2O2S/c14-10-5-9(16)6-11(15)12(10)17-3-1-13(2-4-17)7-20(18,19)8-13/h5-6H,1-4,7-8,16H2. The van der Waals surface area contributed by atoms with E-state index in [1.165, 1.54) is 0 Å². The predicted octanol–water partition coefficient (Wildman–Crippen LogP) is 1.56. The average Bonchev–Trinajstić information content (AvgIpc) is 2.27. The zero-order valence-electron chi connectivity index (χ0n) is 10.9. The monoisotopic (exact) mass is 302 g/mol. The molecule has 0 aromatic heterocycles. The molecule has 0 aliphatic carbocycles. The molecule has 0 radical (unpaired) electrons. The van der Waals surface area contributed by atoms with Crippen molar-refractivity contribution < 1.29 is 17.2 Å². The molecule has 20 heavy (non-hydrogen) atoms. The Labute approximate surface area is 116 Å². The molecule has 0 amide bonds. The molecule has 110 valence electrons. The number of nitrogens with zero attached hydrogens (tertiary/aromatic N) is 1. The summed E-state index contributed by atoms with van der Waals surface area (Å²) in [7, 11) is -2.88. The molecule has 0 atom stereocenters. The van der Waals surface area contributed by atoms with Gasteiger partial charge in [-0.05, 0) is 25.0 Å². The summed E-state index contributed by atoms with van der Waals surface area (Å²) in [6.45, 7) is 0.931. The number of hydrogen-bond acceptors (Lipinski definition) is 4. The summed E-state index contributed by atoms with van der Waals surface area (Å²) in [5, 5.41) is 0. The van der Waals surface area contributed by atoms with Crippen molar-refractivity contribution in [3.63, 3.8) is 0 Å². The highest BCUT2D eigenvalue weighted by Gasteiger charge is 2.49. The molecule has 2 aliphatic rings. The normalized spacial score (nSPS) is 23.6. The number of halogens is 2. The van der Waals surface area contributed by atoms with E-state index >= 15 is 0 Å². The molecule has 0 saturated carbocycles. The van der Waals surface area contributed by atoms with E-state index in [-0.39, 0.29) is 28.3 Å². The molecule has 2 saturated heterocycles. The van der Waals surface area contributed by atoms with E-state index in [0.717, 1.165) is 12.1 Å². The molecule has 0 unspecified atom stereocenters. The molecule has 2 fully saturated rings. The molecule has 1 aromatic carbocycles. The molecule has 2 N–H and O–H groups in total. The molecular weight excluding hydrogens is 286 g/mol. The number of anilines is 2. The van der Waals surface area contributed by atoms with Crippen LogP contribution >= 0.6 is 0 Å². The third-order valence-electron chi connectivity index (χ3n) is 4.23. The minimum absolute atomic E-state index is 0.0577. The quantitative estimate of drug-likeness (QED) is 0.800. The summed E-state index contributed by atoms with van der Waals surface area (Å²) < 4.78 is 50.3. The van der Waals surface area contributed by atoms with E-state index < -0.39 is 21.5 Å². The first-order valence-corrected chi connectivity index (χ1v) is 8.32. The number of benzene rings is 1. The molecule has 1 spiro atoms. The lowest BCUT2D eigenvalue weighted by Crippen LogP contribution is -2.54. The third kappa shape index (κ3) is 2.24. The van der Waals surface area contributed by atoms with Crippen LogP contribution in [0.1, 0.15) is 12.8 Å². The van der Waals surface area contributed by atoms with Gasteiger partial charge in [0.1, 0.15) is 5.69 Å². The lowest BCUT2D eigenvalue weighted by molar-refractivity contribution is 0.256. The van der Waals surface area contributed by atoms with Gasteiger partial charge in [0, 0.05) is 24.2 Å². The number of nitrogen functional groups attached to an aromatic ring is 1. The Hall–Kier alpha value is -1.37. The minimum atomic E-state index is -2.88. The van der Waals surface area contributed by atoms with E-state index in [2.05, 4.69) is 0 Å². The fraction of sp³-hybridized carbons (Fsp3) is 0.538. The molecule has 0 bridgehead atoms. The average molecular weight is 302 g/mol. The molecule has 3 rings (SSSR count). The Kier molecular flexibility index (Phi) is 2.93. The second-order valence-electron chi connectivity index (χ2n) is 5.85. The molecule has 1 aromatic rings. The van der Waals surface area contributed by atoms with Crippen molar-refractivity contribution in [3.8, 4) is 0 Å². The first kappa shape index (κ1) is 13.6.